The predicted octanol–water partition coefficient (Wildman–Crippen LogP) is 5.27. The first-order valence-corrected chi connectivity index (χ1v) is 9.19. The first-order chi connectivity index (χ1) is 12.6. The van der Waals surface area contributed by atoms with Gasteiger partial charge in [0.05, 0.1) is 6.54 Å². The first kappa shape index (κ1) is 18.6. The van der Waals surface area contributed by atoms with Crippen molar-refractivity contribution in [2.24, 2.45) is 0 Å². The van der Waals surface area contributed by atoms with E-state index in [0.717, 1.165) is 16.7 Å². The highest BCUT2D eigenvalue weighted by atomic mass is 35.5. The summed E-state index contributed by atoms with van der Waals surface area (Å²) < 4.78 is 5.71. The van der Waals surface area contributed by atoms with Crippen LogP contribution in [0, 0.1) is 0 Å². The van der Waals surface area contributed by atoms with Crippen LogP contribution in [0.15, 0.2) is 60.7 Å². The molecule has 0 fully saturated rings. The summed E-state index contributed by atoms with van der Waals surface area (Å²) >= 11 is 12.0. The average Bonchev–Trinajstić information content (AvgIpc) is 2.64. The standard InChI is InChI=1S/C21H19Cl2NO2/c22-18-8-5-16(20(23)14-18)7-10-21(25)24-11-12-26-19-9-6-15-3-1-2-4-17(15)13-19/h1-6,8-9,13-14H,7,10-12H2,(H,24,25). The molecule has 0 radical (unpaired) electrons. The molecule has 0 atom stereocenters. The molecule has 0 unspecified atom stereocenters. The Hall–Kier alpha value is -2.23. The lowest BCUT2D eigenvalue weighted by molar-refractivity contribution is -0.121. The number of rotatable bonds is 7. The molecule has 0 heterocycles. The van der Waals surface area contributed by atoms with Gasteiger partial charge in [0.15, 0.2) is 0 Å². The maximum atomic E-state index is 11.9. The molecule has 3 aromatic rings. The molecule has 0 saturated heterocycles. The number of carbonyl (C=O) groups is 1. The Labute approximate surface area is 162 Å². The number of benzene rings is 3. The molecule has 0 aliphatic rings. The van der Waals surface area contributed by atoms with Crippen molar-refractivity contribution in [2.75, 3.05) is 13.2 Å². The zero-order valence-electron chi connectivity index (χ0n) is 14.2. The normalized spacial score (nSPS) is 10.7. The van der Waals surface area contributed by atoms with E-state index in [1.165, 1.54) is 5.39 Å². The number of hydrogen-bond donors (Lipinski definition) is 1. The molecule has 1 N–H and O–H groups in total. The molecule has 0 bridgehead atoms. The maximum Gasteiger partial charge on any atom is 0.220 e. The van der Waals surface area contributed by atoms with E-state index in [0.29, 0.717) is 36.0 Å². The number of ether oxygens (including phenoxy) is 1. The molecular formula is C21H19Cl2NO2. The van der Waals surface area contributed by atoms with Gasteiger partial charge < -0.3 is 10.1 Å². The van der Waals surface area contributed by atoms with Crippen LogP contribution in [0.1, 0.15) is 12.0 Å². The Morgan fingerprint density at radius 1 is 0.962 bits per heavy atom. The van der Waals surface area contributed by atoms with Gasteiger partial charge in [0, 0.05) is 16.5 Å². The van der Waals surface area contributed by atoms with Gasteiger partial charge in [0.2, 0.25) is 5.91 Å². The summed E-state index contributed by atoms with van der Waals surface area (Å²) in [4.78, 5) is 11.9. The highest BCUT2D eigenvalue weighted by Gasteiger charge is 2.06. The minimum atomic E-state index is -0.0295. The number of aryl methyl sites for hydroxylation is 1. The molecule has 3 rings (SSSR count). The van der Waals surface area contributed by atoms with E-state index in [2.05, 4.69) is 11.4 Å². The minimum Gasteiger partial charge on any atom is -0.492 e. The molecule has 0 aliphatic carbocycles. The van der Waals surface area contributed by atoms with Crippen molar-refractivity contribution in [3.05, 3.63) is 76.3 Å². The predicted molar refractivity (Wildman–Crippen MR) is 107 cm³/mol. The largest absolute Gasteiger partial charge is 0.492 e. The topological polar surface area (TPSA) is 38.3 Å². The summed E-state index contributed by atoms with van der Waals surface area (Å²) in [6.07, 6.45) is 0.949. The smallest absolute Gasteiger partial charge is 0.220 e. The third kappa shape index (κ3) is 5.13. The summed E-state index contributed by atoms with van der Waals surface area (Å²) in [7, 11) is 0. The summed E-state index contributed by atoms with van der Waals surface area (Å²) in [5.74, 6) is 0.768. The van der Waals surface area contributed by atoms with Gasteiger partial charge in [-0.15, -0.1) is 0 Å². The van der Waals surface area contributed by atoms with Crippen LogP contribution in [0.2, 0.25) is 10.0 Å². The van der Waals surface area contributed by atoms with E-state index in [4.69, 9.17) is 27.9 Å². The Balaban J connectivity index is 1.40. The maximum absolute atomic E-state index is 11.9. The lowest BCUT2D eigenvalue weighted by Gasteiger charge is -2.09. The molecule has 134 valence electrons. The SMILES string of the molecule is O=C(CCc1ccc(Cl)cc1Cl)NCCOc1ccc2ccccc2c1. The van der Waals surface area contributed by atoms with Crippen molar-refractivity contribution in [1.29, 1.82) is 0 Å². The lowest BCUT2D eigenvalue weighted by atomic mass is 10.1. The van der Waals surface area contributed by atoms with Crippen molar-refractivity contribution in [3.8, 4) is 5.75 Å². The van der Waals surface area contributed by atoms with E-state index in [1.807, 2.05) is 42.5 Å². The third-order valence-electron chi connectivity index (χ3n) is 4.05. The fourth-order valence-corrected chi connectivity index (χ4v) is 3.18. The second-order valence-corrected chi connectivity index (χ2v) is 6.79. The highest BCUT2D eigenvalue weighted by Crippen LogP contribution is 2.22. The molecule has 3 aromatic carbocycles. The van der Waals surface area contributed by atoms with E-state index in [9.17, 15) is 4.79 Å². The molecule has 1 amide bonds. The Kier molecular flexibility index (Phi) is 6.37. The zero-order valence-corrected chi connectivity index (χ0v) is 15.7. The minimum absolute atomic E-state index is 0.0295. The monoisotopic (exact) mass is 387 g/mol. The lowest BCUT2D eigenvalue weighted by Crippen LogP contribution is -2.28. The second-order valence-electron chi connectivity index (χ2n) is 5.94. The molecule has 5 heteroatoms. The molecule has 26 heavy (non-hydrogen) atoms. The van der Waals surface area contributed by atoms with Gasteiger partial charge in [-0.1, -0.05) is 59.6 Å². The highest BCUT2D eigenvalue weighted by molar-refractivity contribution is 6.35. The summed E-state index contributed by atoms with van der Waals surface area (Å²) in [5, 5.41) is 6.35. The van der Waals surface area contributed by atoms with E-state index >= 15 is 0 Å². The van der Waals surface area contributed by atoms with Crippen molar-refractivity contribution in [1.82, 2.24) is 5.32 Å². The Morgan fingerprint density at radius 3 is 2.58 bits per heavy atom. The van der Waals surface area contributed by atoms with Crippen molar-refractivity contribution in [3.63, 3.8) is 0 Å². The van der Waals surface area contributed by atoms with Gasteiger partial charge in [0.1, 0.15) is 12.4 Å². The van der Waals surface area contributed by atoms with Gasteiger partial charge in [-0.05, 0) is 47.0 Å². The van der Waals surface area contributed by atoms with Crippen LogP contribution < -0.4 is 10.1 Å². The van der Waals surface area contributed by atoms with Crippen LogP contribution in [0.5, 0.6) is 5.75 Å². The number of fused-ring (bicyclic) bond motifs is 1. The van der Waals surface area contributed by atoms with Crippen LogP contribution >= 0.6 is 23.2 Å². The number of carbonyl (C=O) groups excluding carboxylic acids is 1. The van der Waals surface area contributed by atoms with Crippen molar-refractivity contribution >= 4 is 39.9 Å². The summed E-state index contributed by atoms with van der Waals surface area (Å²) in [6.45, 7) is 0.881. The van der Waals surface area contributed by atoms with Crippen molar-refractivity contribution in [2.45, 2.75) is 12.8 Å². The zero-order chi connectivity index (χ0) is 18.4. The van der Waals surface area contributed by atoms with Crippen molar-refractivity contribution < 1.29 is 9.53 Å². The Morgan fingerprint density at radius 2 is 1.77 bits per heavy atom. The molecule has 0 spiro atoms. The van der Waals surface area contributed by atoms with E-state index < -0.39 is 0 Å². The van der Waals surface area contributed by atoms with Crippen LogP contribution in [0.25, 0.3) is 10.8 Å². The van der Waals surface area contributed by atoms with E-state index in [1.54, 1.807) is 12.1 Å². The molecule has 0 saturated carbocycles. The Bertz CT molecular complexity index is 911. The van der Waals surface area contributed by atoms with Gasteiger partial charge in [0.25, 0.3) is 0 Å². The van der Waals surface area contributed by atoms with Crippen LogP contribution in [0.3, 0.4) is 0 Å². The molecule has 0 aliphatic heterocycles. The van der Waals surface area contributed by atoms with E-state index in [-0.39, 0.29) is 5.91 Å². The van der Waals surface area contributed by atoms with Crippen LogP contribution in [-0.4, -0.2) is 19.1 Å². The number of nitrogens with one attached hydrogen (secondary N) is 1. The number of amides is 1. The first-order valence-electron chi connectivity index (χ1n) is 8.44. The average molecular weight is 388 g/mol. The summed E-state index contributed by atoms with van der Waals surface area (Å²) in [5.41, 5.74) is 0.915. The van der Waals surface area contributed by atoms with Gasteiger partial charge in [-0.2, -0.15) is 0 Å². The number of hydrogen-bond acceptors (Lipinski definition) is 2. The number of halogens is 2. The molecule has 3 nitrogen and oxygen atoms in total. The third-order valence-corrected chi connectivity index (χ3v) is 4.64. The molecule has 0 aromatic heterocycles. The fourth-order valence-electron chi connectivity index (χ4n) is 2.68. The fraction of sp³-hybridized carbons (Fsp3) is 0.190. The van der Waals surface area contributed by atoms with Crippen LogP contribution in [-0.2, 0) is 11.2 Å². The van der Waals surface area contributed by atoms with Gasteiger partial charge >= 0.3 is 0 Å². The van der Waals surface area contributed by atoms with Gasteiger partial charge in [-0.25, -0.2) is 0 Å². The molecular weight excluding hydrogens is 369 g/mol. The van der Waals surface area contributed by atoms with Gasteiger partial charge in [-0.3, -0.25) is 4.79 Å². The quantitative estimate of drug-likeness (QED) is 0.560. The summed E-state index contributed by atoms with van der Waals surface area (Å²) in [6, 6.07) is 19.4. The van der Waals surface area contributed by atoms with Crippen LogP contribution in [0.4, 0.5) is 0 Å². The second kappa shape index (κ2) is 8.93.